The molecular weight excluding hydrogens is 286 g/mol. The molecule has 0 aliphatic rings. The molecule has 0 heterocycles. The smallest absolute Gasteiger partial charge is 0.322 e. The zero-order valence-electron chi connectivity index (χ0n) is 12.3. The number of carboxylic acids is 1. The van der Waals surface area contributed by atoms with E-state index in [4.69, 9.17) is 9.84 Å². The van der Waals surface area contributed by atoms with E-state index in [1.165, 1.54) is 0 Å². The molecule has 0 aliphatic heterocycles. The van der Waals surface area contributed by atoms with Crippen molar-refractivity contribution < 1.29 is 27.9 Å². The number of unbranched alkanes of at least 4 members (excludes halogenated alkanes) is 1. The van der Waals surface area contributed by atoms with Gasteiger partial charge in [0.15, 0.2) is 0 Å². The highest BCUT2D eigenvalue weighted by Crippen LogP contribution is 2.10. The van der Waals surface area contributed by atoms with Crippen LogP contribution >= 0.6 is 0 Å². The van der Waals surface area contributed by atoms with Gasteiger partial charge in [0.05, 0.1) is 12.2 Å². The van der Waals surface area contributed by atoms with Crippen molar-refractivity contribution in [2.24, 2.45) is 0 Å². The minimum atomic E-state index is -3.72. The third-order valence-corrected chi connectivity index (χ3v) is 3.65. The number of hydrogen-bond donors (Lipinski definition) is 2. The van der Waals surface area contributed by atoms with E-state index in [9.17, 15) is 18.0 Å². The third-order valence-electron chi connectivity index (χ3n) is 2.18. The van der Waals surface area contributed by atoms with Gasteiger partial charge < -0.3 is 9.84 Å². The number of carbonyl (C=O) groups excluding carboxylic acids is 1. The van der Waals surface area contributed by atoms with Crippen molar-refractivity contribution in [3.8, 4) is 0 Å². The number of ether oxygens (including phenoxy) is 1. The second-order valence-electron chi connectivity index (χ2n) is 5.47. The van der Waals surface area contributed by atoms with Crippen LogP contribution in [0.1, 0.15) is 47.0 Å². The van der Waals surface area contributed by atoms with Gasteiger partial charge >= 0.3 is 11.9 Å². The van der Waals surface area contributed by atoms with Crippen LogP contribution in [0.3, 0.4) is 0 Å². The van der Waals surface area contributed by atoms with Gasteiger partial charge in [0.2, 0.25) is 10.0 Å². The topological polar surface area (TPSA) is 110 Å². The molecular formula is C12H23NO6S. The summed E-state index contributed by atoms with van der Waals surface area (Å²) in [6.45, 7) is 6.76. The van der Waals surface area contributed by atoms with Gasteiger partial charge in [-0.3, -0.25) is 9.59 Å². The molecule has 1 unspecified atom stereocenters. The highest BCUT2D eigenvalue weighted by Gasteiger charge is 2.28. The minimum absolute atomic E-state index is 0.165. The second-order valence-corrected chi connectivity index (χ2v) is 7.35. The fourth-order valence-electron chi connectivity index (χ4n) is 1.34. The van der Waals surface area contributed by atoms with Gasteiger partial charge in [-0.15, -0.1) is 0 Å². The van der Waals surface area contributed by atoms with Crippen LogP contribution < -0.4 is 4.72 Å². The van der Waals surface area contributed by atoms with Gasteiger partial charge in [-0.2, -0.15) is 0 Å². The van der Waals surface area contributed by atoms with Crippen LogP contribution in [0.2, 0.25) is 0 Å². The number of carbonyl (C=O) groups is 2. The standard InChI is InChI=1S/C12H23NO6S/c1-5-6-7-20(17,18)13-9(11(15)16)8-10(14)19-12(2,3)4/h9,13H,5-8H2,1-4H3,(H,15,16). The summed E-state index contributed by atoms with van der Waals surface area (Å²) < 4.78 is 30.3. The summed E-state index contributed by atoms with van der Waals surface area (Å²) in [6.07, 6.45) is 0.552. The van der Waals surface area contributed by atoms with Crippen LogP contribution in [-0.2, 0) is 24.3 Å². The van der Waals surface area contributed by atoms with Crippen molar-refractivity contribution >= 4 is 22.0 Å². The molecule has 20 heavy (non-hydrogen) atoms. The lowest BCUT2D eigenvalue weighted by Crippen LogP contribution is -2.44. The molecule has 0 spiro atoms. The van der Waals surface area contributed by atoms with E-state index >= 15 is 0 Å². The Hall–Kier alpha value is -1.15. The molecule has 0 saturated carbocycles. The van der Waals surface area contributed by atoms with E-state index in [0.29, 0.717) is 12.8 Å². The van der Waals surface area contributed by atoms with Gasteiger partial charge in [0, 0.05) is 0 Å². The Morgan fingerprint density at radius 3 is 2.25 bits per heavy atom. The van der Waals surface area contributed by atoms with Gasteiger partial charge in [-0.05, 0) is 27.2 Å². The highest BCUT2D eigenvalue weighted by molar-refractivity contribution is 7.89. The molecule has 118 valence electrons. The lowest BCUT2D eigenvalue weighted by atomic mass is 10.2. The van der Waals surface area contributed by atoms with Crippen molar-refractivity contribution in [1.82, 2.24) is 4.72 Å². The molecule has 0 aromatic rings. The van der Waals surface area contributed by atoms with Crippen molar-refractivity contribution in [1.29, 1.82) is 0 Å². The average molecular weight is 309 g/mol. The van der Waals surface area contributed by atoms with Gasteiger partial charge in [0.1, 0.15) is 11.6 Å². The van der Waals surface area contributed by atoms with E-state index in [1.807, 2.05) is 11.6 Å². The monoisotopic (exact) mass is 309 g/mol. The lowest BCUT2D eigenvalue weighted by Gasteiger charge is -2.21. The number of hydrogen-bond acceptors (Lipinski definition) is 5. The molecule has 8 heteroatoms. The van der Waals surface area contributed by atoms with Crippen molar-refractivity contribution in [2.45, 2.75) is 58.6 Å². The van der Waals surface area contributed by atoms with Crippen molar-refractivity contribution in [3.63, 3.8) is 0 Å². The molecule has 0 fully saturated rings. The Labute approximate surface area is 119 Å². The maximum Gasteiger partial charge on any atom is 0.322 e. The summed E-state index contributed by atoms with van der Waals surface area (Å²) in [4.78, 5) is 22.6. The first-order valence-corrected chi connectivity index (χ1v) is 8.06. The fourth-order valence-corrected chi connectivity index (χ4v) is 2.74. The number of rotatable bonds is 8. The molecule has 0 radical (unpaired) electrons. The maximum absolute atomic E-state index is 11.6. The summed E-state index contributed by atoms with van der Waals surface area (Å²) in [5.74, 6) is -2.33. The number of carboxylic acid groups (broad SMARTS) is 1. The molecule has 0 saturated heterocycles. The molecule has 0 aromatic carbocycles. The molecule has 0 aliphatic carbocycles. The first-order chi connectivity index (χ1) is 8.97. The predicted octanol–water partition coefficient (Wildman–Crippen LogP) is 0.891. The number of aliphatic carboxylic acids is 1. The molecule has 7 nitrogen and oxygen atoms in total. The van der Waals surface area contributed by atoms with Gasteiger partial charge in [-0.1, -0.05) is 13.3 Å². The van der Waals surface area contributed by atoms with Crippen LogP contribution in [-0.4, -0.2) is 42.9 Å². The van der Waals surface area contributed by atoms with E-state index in [-0.39, 0.29) is 5.75 Å². The van der Waals surface area contributed by atoms with Crippen LogP contribution in [0.15, 0.2) is 0 Å². The summed E-state index contributed by atoms with van der Waals surface area (Å²) in [5.41, 5.74) is -0.749. The second kappa shape index (κ2) is 7.58. The highest BCUT2D eigenvalue weighted by atomic mass is 32.2. The van der Waals surface area contributed by atoms with Crippen molar-refractivity contribution in [2.75, 3.05) is 5.75 Å². The molecule has 0 bridgehead atoms. The normalized spacial score (nSPS) is 13.8. The number of nitrogens with one attached hydrogen (secondary N) is 1. The first kappa shape index (κ1) is 18.9. The molecule has 1 atom stereocenters. The van der Waals surface area contributed by atoms with Crippen LogP contribution in [0.5, 0.6) is 0 Å². The quantitative estimate of drug-likeness (QED) is 0.644. The van der Waals surface area contributed by atoms with E-state index in [2.05, 4.69) is 0 Å². The summed E-state index contributed by atoms with van der Waals surface area (Å²) in [6, 6.07) is -1.51. The maximum atomic E-state index is 11.6. The zero-order valence-corrected chi connectivity index (χ0v) is 13.1. The van der Waals surface area contributed by atoms with E-state index in [1.54, 1.807) is 20.8 Å². The minimum Gasteiger partial charge on any atom is -0.480 e. The summed E-state index contributed by atoms with van der Waals surface area (Å²) in [7, 11) is -3.72. The Kier molecular flexibility index (Phi) is 7.15. The first-order valence-electron chi connectivity index (χ1n) is 6.41. The molecule has 2 N–H and O–H groups in total. The van der Waals surface area contributed by atoms with Gasteiger partial charge in [-0.25, -0.2) is 13.1 Å². The third kappa shape index (κ3) is 8.87. The average Bonchev–Trinajstić information content (AvgIpc) is 2.22. The Morgan fingerprint density at radius 2 is 1.85 bits per heavy atom. The Morgan fingerprint density at radius 1 is 1.30 bits per heavy atom. The molecule has 0 aromatic heterocycles. The number of esters is 1. The Bertz CT molecular complexity index is 437. The van der Waals surface area contributed by atoms with Gasteiger partial charge in [0.25, 0.3) is 0 Å². The van der Waals surface area contributed by atoms with Crippen LogP contribution in [0, 0.1) is 0 Å². The van der Waals surface area contributed by atoms with E-state index in [0.717, 1.165) is 0 Å². The Balaban J connectivity index is 4.67. The zero-order chi connectivity index (χ0) is 16.0. The van der Waals surface area contributed by atoms with Crippen LogP contribution in [0.25, 0.3) is 0 Å². The largest absolute Gasteiger partial charge is 0.480 e. The lowest BCUT2D eigenvalue weighted by molar-refractivity contribution is -0.158. The predicted molar refractivity (Wildman–Crippen MR) is 73.7 cm³/mol. The van der Waals surface area contributed by atoms with E-state index < -0.39 is 40.0 Å². The van der Waals surface area contributed by atoms with Crippen LogP contribution in [0.4, 0.5) is 0 Å². The molecule has 0 rings (SSSR count). The van der Waals surface area contributed by atoms with Crippen molar-refractivity contribution in [3.05, 3.63) is 0 Å². The SMILES string of the molecule is CCCCS(=O)(=O)NC(CC(=O)OC(C)(C)C)C(=O)O. The molecule has 0 amide bonds. The fraction of sp³-hybridized carbons (Fsp3) is 0.833. The summed E-state index contributed by atoms with van der Waals surface area (Å²) in [5, 5.41) is 8.97. The number of sulfonamides is 1. The summed E-state index contributed by atoms with van der Waals surface area (Å²) >= 11 is 0.